The van der Waals surface area contributed by atoms with Crippen LogP contribution in [0.5, 0.6) is 5.75 Å². The number of halogens is 1. The molecule has 3 nitrogen and oxygen atoms in total. The van der Waals surface area contributed by atoms with E-state index in [1.807, 2.05) is 0 Å². The Hall–Kier alpha value is -1.84. The molecule has 0 saturated heterocycles. The van der Waals surface area contributed by atoms with Gasteiger partial charge in [-0.25, -0.2) is 9.18 Å². The lowest BCUT2D eigenvalue weighted by Crippen LogP contribution is -2.07. The zero-order valence-electron chi connectivity index (χ0n) is 16.1. The first-order valence-electron chi connectivity index (χ1n) is 10.0. The van der Waals surface area contributed by atoms with E-state index in [9.17, 15) is 9.18 Å². The SMILES string of the molecule is CCCCCCCCc1cc2ccc(OCCCCC)c(F)c2c(=O)o1. The topological polar surface area (TPSA) is 39.4 Å². The van der Waals surface area contributed by atoms with E-state index in [-0.39, 0.29) is 11.1 Å². The van der Waals surface area contributed by atoms with Gasteiger partial charge in [0.25, 0.3) is 0 Å². The molecule has 0 N–H and O–H groups in total. The predicted octanol–water partition coefficient (Wildman–Crippen LogP) is 6.40. The molecule has 4 heteroatoms. The van der Waals surface area contributed by atoms with Gasteiger partial charge in [-0.1, -0.05) is 64.9 Å². The van der Waals surface area contributed by atoms with Crippen molar-refractivity contribution in [2.75, 3.05) is 6.61 Å². The Morgan fingerprint density at radius 3 is 2.42 bits per heavy atom. The average Bonchev–Trinajstić information content (AvgIpc) is 2.63. The van der Waals surface area contributed by atoms with Crippen LogP contribution in [0.3, 0.4) is 0 Å². The van der Waals surface area contributed by atoms with Crippen molar-refractivity contribution in [2.45, 2.75) is 78.1 Å². The normalized spacial score (nSPS) is 11.2. The van der Waals surface area contributed by atoms with Gasteiger partial charge >= 0.3 is 5.63 Å². The van der Waals surface area contributed by atoms with Gasteiger partial charge in [-0.3, -0.25) is 0 Å². The molecule has 0 amide bonds. The van der Waals surface area contributed by atoms with Gasteiger partial charge < -0.3 is 9.15 Å². The molecule has 1 heterocycles. The van der Waals surface area contributed by atoms with Gasteiger partial charge in [0.15, 0.2) is 11.6 Å². The highest BCUT2D eigenvalue weighted by Crippen LogP contribution is 2.25. The van der Waals surface area contributed by atoms with Gasteiger partial charge in [0, 0.05) is 6.42 Å². The molecule has 0 spiro atoms. The second-order valence-electron chi connectivity index (χ2n) is 6.92. The third kappa shape index (κ3) is 5.86. The first kappa shape index (κ1) is 20.5. The summed E-state index contributed by atoms with van der Waals surface area (Å²) < 4.78 is 25.4. The van der Waals surface area contributed by atoms with Crippen LogP contribution in [0, 0.1) is 5.82 Å². The maximum absolute atomic E-state index is 14.6. The van der Waals surface area contributed by atoms with E-state index in [4.69, 9.17) is 9.15 Å². The average molecular weight is 362 g/mol. The zero-order chi connectivity index (χ0) is 18.8. The minimum absolute atomic E-state index is 0.00955. The number of benzene rings is 1. The van der Waals surface area contributed by atoms with Crippen LogP contribution in [-0.2, 0) is 6.42 Å². The molecule has 0 saturated carbocycles. The fourth-order valence-corrected chi connectivity index (χ4v) is 3.12. The maximum atomic E-state index is 14.6. The van der Waals surface area contributed by atoms with E-state index in [1.165, 1.54) is 25.7 Å². The second kappa shape index (κ2) is 11.0. The largest absolute Gasteiger partial charge is 0.490 e. The van der Waals surface area contributed by atoms with E-state index in [0.29, 0.717) is 24.2 Å². The lowest BCUT2D eigenvalue weighted by atomic mass is 10.1. The summed E-state index contributed by atoms with van der Waals surface area (Å²) in [5.74, 6) is 0.150. The first-order chi connectivity index (χ1) is 12.7. The fraction of sp³-hybridized carbons (Fsp3) is 0.591. The van der Waals surface area contributed by atoms with Crippen molar-refractivity contribution in [1.29, 1.82) is 0 Å². The highest BCUT2D eigenvalue weighted by molar-refractivity contribution is 5.83. The maximum Gasteiger partial charge on any atom is 0.346 e. The predicted molar refractivity (Wildman–Crippen MR) is 105 cm³/mol. The number of hydrogen-bond acceptors (Lipinski definition) is 3. The van der Waals surface area contributed by atoms with Gasteiger partial charge in [0.1, 0.15) is 11.1 Å². The van der Waals surface area contributed by atoms with Crippen molar-refractivity contribution in [3.8, 4) is 5.75 Å². The van der Waals surface area contributed by atoms with Crippen molar-refractivity contribution < 1.29 is 13.5 Å². The van der Waals surface area contributed by atoms with Crippen LogP contribution in [0.25, 0.3) is 10.8 Å². The minimum Gasteiger partial charge on any atom is -0.490 e. The molecule has 2 aromatic rings. The lowest BCUT2D eigenvalue weighted by molar-refractivity contribution is 0.292. The molecule has 0 radical (unpaired) electrons. The van der Waals surface area contributed by atoms with Crippen LogP contribution in [0.15, 0.2) is 27.4 Å². The van der Waals surface area contributed by atoms with E-state index >= 15 is 0 Å². The Balaban J connectivity index is 2.03. The standard InChI is InChI=1S/C22H31FO3/c1-3-5-7-8-9-10-12-18-16-17-13-14-19(25-15-11-6-4-2)21(23)20(17)22(24)26-18/h13-14,16H,3-12,15H2,1-2H3. The Morgan fingerprint density at radius 1 is 0.962 bits per heavy atom. The summed E-state index contributed by atoms with van der Waals surface area (Å²) in [6.45, 7) is 4.76. The summed E-state index contributed by atoms with van der Waals surface area (Å²) in [5.41, 5.74) is -0.611. The van der Waals surface area contributed by atoms with Crippen LogP contribution in [0.4, 0.5) is 4.39 Å². The van der Waals surface area contributed by atoms with Gasteiger partial charge in [-0.15, -0.1) is 0 Å². The third-order valence-electron chi connectivity index (χ3n) is 4.67. The van der Waals surface area contributed by atoms with Crippen LogP contribution in [0.2, 0.25) is 0 Å². The van der Waals surface area contributed by atoms with Crippen molar-refractivity contribution in [1.82, 2.24) is 0 Å². The van der Waals surface area contributed by atoms with E-state index in [0.717, 1.165) is 32.1 Å². The third-order valence-corrected chi connectivity index (χ3v) is 4.67. The van der Waals surface area contributed by atoms with Crippen molar-refractivity contribution in [3.05, 3.63) is 40.2 Å². The number of ether oxygens (including phenoxy) is 1. The molecule has 144 valence electrons. The molecule has 1 aromatic heterocycles. The van der Waals surface area contributed by atoms with Gasteiger partial charge in [-0.2, -0.15) is 0 Å². The molecule has 0 unspecified atom stereocenters. The van der Waals surface area contributed by atoms with Crippen LogP contribution < -0.4 is 10.4 Å². The smallest absolute Gasteiger partial charge is 0.346 e. The molecule has 0 aliphatic heterocycles. The Bertz CT molecular complexity index is 736. The number of unbranched alkanes of at least 4 members (excludes halogenated alkanes) is 7. The number of aryl methyl sites for hydroxylation is 1. The summed E-state index contributed by atoms with van der Waals surface area (Å²) >= 11 is 0. The first-order valence-corrected chi connectivity index (χ1v) is 10.0. The number of fused-ring (bicyclic) bond motifs is 1. The van der Waals surface area contributed by atoms with Gasteiger partial charge in [0.2, 0.25) is 0 Å². The van der Waals surface area contributed by atoms with Crippen molar-refractivity contribution >= 4 is 10.8 Å². The summed E-state index contributed by atoms with van der Waals surface area (Å²) in [6, 6.07) is 5.14. The summed E-state index contributed by atoms with van der Waals surface area (Å²) in [7, 11) is 0. The fourth-order valence-electron chi connectivity index (χ4n) is 3.12. The zero-order valence-corrected chi connectivity index (χ0v) is 16.1. The number of rotatable bonds is 12. The van der Waals surface area contributed by atoms with E-state index < -0.39 is 11.4 Å². The summed E-state index contributed by atoms with van der Waals surface area (Å²) in [5, 5.41) is 0.574. The van der Waals surface area contributed by atoms with Crippen LogP contribution in [0.1, 0.15) is 77.4 Å². The summed E-state index contributed by atoms with van der Waals surface area (Å²) in [6.07, 6.45) is 10.8. The minimum atomic E-state index is -0.612. The lowest BCUT2D eigenvalue weighted by Gasteiger charge is -2.09. The van der Waals surface area contributed by atoms with Gasteiger partial charge in [0.05, 0.1) is 6.61 Å². The Morgan fingerprint density at radius 2 is 1.65 bits per heavy atom. The van der Waals surface area contributed by atoms with Crippen LogP contribution in [-0.4, -0.2) is 6.61 Å². The molecule has 1 aromatic carbocycles. The Kier molecular flexibility index (Phi) is 8.66. The molecule has 0 aliphatic carbocycles. The highest BCUT2D eigenvalue weighted by Gasteiger charge is 2.14. The quantitative estimate of drug-likeness (QED) is 0.410. The molecule has 0 fully saturated rings. The second-order valence-corrected chi connectivity index (χ2v) is 6.92. The molecular formula is C22H31FO3. The monoisotopic (exact) mass is 362 g/mol. The number of hydrogen-bond donors (Lipinski definition) is 0. The molecule has 0 aliphatic rings. The van der Waals surface area contributed by atoms with Crippen molar-refractivity contribution in [3.63, 3.8) is 0 Å². The molecular weight excluding hydrogens is 331 g/mol. The van der Waals surface area contributed by atoms with E-state index in [2.05, 4.69) is 13.8 Å². The molecule has 2 rings (SSSR count). The molecule has 0 atom stereocenters. The highest BCUT2D eigenvalue weighted by atomic mass is 19.1. The molecule has 26 heavy (non-hydrogen) atoms. The van der Waals surface area contributed by atoms with Crippen molar-refractivity contribution in [2.24, 2.45) is 0 Å². The molecule has 0 bridgehead atoms. The summed E-state index contributed by atoms with van der Waals surface area (Å²) in [4.78, 5) is 12.3. The van der Waals surface area contributed by atoms with Crippen LogP contribution >= 0.6 is 0 Å². The Labute approximate surface area is 155 Å². The van der Waals surface area contributed by atoms with Gasteiger partial charge in [-0.05, 0) is 30.4 Å². The van der Waals surface area contributed by atoms with E-state index in [1.54, 1.807) is 18.2 Å².